The van der Waals surface area contributed by atoms with Crippen LogP contribution in [0.25, 0.3) is 0 Å². The number of rotatable bonds is 2. The molecule has 22 heavy (non-hydrogen) atoms. The normalized spacial score (nSPS) is 19.2. The number of carbonyl (C=O) groups excluding carboxylic acids is 1. The van der Waals surface area contributed by atoms with Gasteiger partial charge in [-0.1, -0.05) is 0 Å². The summed E-state index contributed by atoms with van der Waals surface area (Å²) in [6, 6.07) is 0. The zero-order valence-electron chi connectivity index (χ0n) is 13.6. The van der Waals surface area contributed by atoms with Crippen molar-refractivity contribution in [2.75, 3.05) is 31.1 Å². The summed E-state index contributed by atoms with van der Waals surface area (Å²) in [4.78, 5) is 24.8. The van der Waals surface area contributed by atoms with E-state index in [1.54, 1.807) is 11.2 Å². The van der Waals surface area contributed by atoms with Gasteiger partial charge in [-0.3, -0.25) is 0 Å². The monoisotopic (exact) mass is 304 g/mol. The summed E-state index contributed by atoms with van der Waals surface area (Å²) in [5, 5.41) is 0. The summed E-state index contributed by atoms with van der Waals surface area (Å²) in [6.07, 6.45) is 5.80. The van der Waals surface area contributed by atoms with Crippen molar-refractivity contribution >= 4 is 11.9 Å². The Labute approximate surface area is 131 Å². The average Bonchev–Trinajstić information content (AvgIpc) is 3.30. The number of aromatic nitrogens is 2. The Morgan fingerprint density at radius 3 is 2.50 bits per heavy atom. The highest BCUT2D eigenvalue weighted by Crippen LogP contribution is 2.43. The van der Waals surface area contributed by atoms with Gasteiger partial charge in [0.2, 0.25) is 0 Å². The van der Waals surface area contributed by atoms with Gasteiger partial charge in [0.25, 0.3) is 0 Å². The molecule has 1 aliphatic heterocycles. The van der Waals surface area contributed by atoms with Crippen LogP contribution in [0.5, 0.6) is 0 Å². The maximum absolute atomic E-state index is 12.1. The van der Waals surface area contributed by atoms with E-state index in [0.29, 0.717) is 19.0 Å². The molecule has 2 aliphatic rings. The van der Waals surface area contributed by atoms with Crippen LogP contribution in [0.15, 0.2) is 12.5 Å². The molecule has 0 radical (unpaired) electrons. The van der Waals surface area contributed by atoms with Crippen LogP contribution in [0.4, 0.5) is 10.6 Å². The Morgan fingerprint density at radius 1 is 1.23 bits per heavy atom. The molecule has 1 saturated carbocycles. The Kier molecular flexibility index (Phi) is 3.93. The molecule has 0 N–H and O–H groups in total. The number of hydrogen-bond donors (Lipinski definition) is 0. The number of anilines is 1. The molecule has 2 fully saturated rings. The van der Waals surface area contributed by atoms with E-state index in [2.05, 4.69) is 14.9 Å². The second-order valence-corrected chi connectivity index (χ2v) is 7.03. The standard InChI is InChI=1S/C16H24N4O2/c1-16(2,3)22-15(21)20-8-6-19(7-9-20)14-13(12-4-5-12)10-17-11-18-14/h10-12H,4-9H2,1-3H3. The van der Waals surface area contributed by atoms with Gasteiger partial charge in [0.15, 0.2) is 0 Å². The van der Waals surface area contributed by atoms with Crippen LogP contribution >= 0.6 is 0 Å². The molecular formula is C16H24N4O2. The van der Waals surface area contributed by atoms with Gasteiger partial charge in [-0.05, 0) is 39.5 Å². The predicted molar refractivity (Wildman–Crippen MR) is 84.0 cm³/mol. The molecule has 3 rings (SSSR count). The first-order valence-corrected chi connectivity index (χ1v) is 7.97. The molecule has 0 atom stereocenters. The summed E-state index contributed by atoms with van der Waals surface area (Å²) in [6.45, 7) is 8.59. The summed E-state index contributed by atoms with van der Waals surface area (Å²) >= 11 is 0. The minimum atomic E-state index is -0.444. The molecule has 1 aromatic heterocycles. The Morgan fingerprint density at radius 2 is 1.91 bits per heavy atom. The predicted octanol–water partition coefficient (Wildman–Crippen LogP) is 2.41. The van der Waals surface area contributed by atoms with Gasteiger partial charge in [0.05, 0.1) is 0 Å². The summed E-state index contributed by atoms with van der Waals surface area (Å²) < 4.78 is 5.43. The van der Waals surface area contributed by atoms with Gasteiger partial charge in [-0.15, -0.1) is 0 Å². The van der Waals surface area contributed by atoms with Crippen LogP contribution in [-0.4, -0.2) is 52.7 Å². The highest BCUT2D eigenvalue weighted by Gasteiger charge is 2.31. The zero-order chi connectivity index (χ0) is 15.7. The van der Waals surface area contributed by atoms with Crippen molar-refractivity contribution in [1.29, 1.82) is 0 Å². The third-order valence-electron chi connectivity index (χ3n) is 3.97. The number of ether oxygens (including phenoxy) is 1. The lowest BCUT2D eigenvalue weighted by atomic mass is 10.2. The molecule has 1 amide bonds. The van der Waals surface area contributed by atoms with E-state index >= 15 is 0 Å². The van der Waals surface area contributed by atoms with Crippen LogP contribution in [0, 0.1) is 0 Å². The number of amides is 1. The molecule has 6 nitrogen and oxygen atoms in total. The van der Waals surface area contributed by atoms with Crippen molar-refractivity contribution in [2.45, 2.75) is 45.1 Å². The van der Waals surface area contributed by atoms with Crippen LogP contribution < -0.4 is 4.90 Å². The molecule has 0 unspecified atom stereocenters. The van der Waals surface area contributed by atoms with E-state index in [9.17, 15) is 4.79 Å². The first-order chi connectivity index (χ1) is 10.4. The highest BCUT2D eigenvalue weighted by molar-refractivity contribution is 5.68. The maximum atomic E-state index is 12.1. The van der Waals surface area contributed by atoms with Crippen molar-refractivity contribution in [2.24, 2.45) is 0 Å². The minimum Gasteiger partial charge on any atom is -0.444 e. The van der Waals surface area contributed by atoms with Crippen molar-refractivity contribution in [3.8, 4) is 0 Å². The van der Waals surface area contributed by atoms with Crippen LogP contribution in [0.2, 0.25) is 0 Å². The van der Waals surface area contributed by atoms with Gasteiger partial charge in [0.1, 0.15) is 17.7 Å². The first kappa shape index (κ1) is 15.1. The largest absolute Gasteiger partial charge is 0.444 e. The van der Waals surface area contributed by atoms with Gasteiger partial charge in [-0.25, -0.2) is 14.8 Å². The fraction of sp³-hybridized carbons (Fsp3) is 0.688. The molecule has 1 saturated heterocycles. The topological polar surface area (TPSA) is 58.6 Å². The van der Waals surface area contributed by atoms with Gasteiger partial charge in [-0.2, -0.15) is 0 Å². The average molecular weight is 304 g/mol. The van der Waals surface area contributed by atoms with E-state index in [0.717, 1.165) is 18.9 Å². The fourth-order valence-corrected chi connectivity index (χ4v) is 2.71. The van der Waals surface area contributed by atoms with E-state index in [1.165, 1.54) is 18.4 Å². The third kappa shape index (κ3) is 3.48. The lowest BCUT2D eigenvalue weighted by Crippen LogP contribution is -2.50. The molecule has 0 bridgehead atoms. The Balaban J connectivity index is 1.61. The number of nitrogens with zero attached hydrogens (tertiary/aromatic N) is 4. The minimum absolute atomic E-state index is 0.225. The SMILES string of the molecule is CC(C)(C)OC(=O)N1CCN(c2ncncc2C2CC2)CC1. The fourth-order valence-electron chi connectivity index (χ4n) is 2.71. The van der Waals surface area contributed by atoms with Crippen molar-refractivity contribution in [3.05, 3.63) is 18.1 Å². The quantitative estimate of drug-likeness (QED) is 0.840. The van der Waals surface area contributed by atoms with Gasteiger partial charge >= 0.3 is 6.09 Å². The van der Waals surface area contributed by atoms with E-state index in [-0.39, 0.29) is 6.09 Å². The Bertz CT molecular complexity index is 543. The van der Waals surface area contributed by atoms with Crippen LogP contribution in [0.3, 0.4) is 0 Å². The summed E-state index contributed by atoms with van der Waals surface area (Å²) in [5.74, 6) is 1.67. The zero-order valence-corrected chi connectivity index (χ0v) is 13.6. The molecule has 0 spiro atoms. The van der Waals surface area contributed by atoms with Crippen molar-refractivity contribution in [3.63, 3.8) is 0 Å². The first-order valence-electron chi connectivity index (χ1n) is 7.97. The van der Waals surface area contributed by atoms with Gasteiger partial charge < -0.3 is 14.5 Å². The van der Waals surface area contributed by atoms with E-state index in [4.69, 9.17) is 4.74 Å². The van der Waals surface area contributed by atoms with E-state index in [1.807, 2.05) is 27.0 Å². The van der Waals surface area contributed by atoms with Crippen LogP contribution in [0.1, 0.15) is 45.1 Å². The molecule has 6 heteroatoms. The number of piperazine rings is 1. The summed E-state index contributed by atoms with van der Waals surface area (Å²) in [7, 11) is 0. The molecule has 120 valence electrons. The van der Waals surface area contributed by atoms with Crippen molar-refractivity contribution in [1.82, 2.24) is 14.9 Å². The Hall–Kier alpha value is -1.85. The lowest BCUT2D eigenvalue weighted by Gasteiger charge is -2.36. The smallest absolute Gasteiger partial charge is 0.410 e. The maximum Gasteiger partial charge on any atom is 0.410 e. The van der Waals surface area contributed by atoms with E-state index < -0.39 is 5.60 Å². The van der Waals surface area contributed by atoms with Crippen molar-refractivity contribution < 1.29 is 9.53 Å². The highest BCUT2D eigenvalue weighted by atomic mass is 16.6. The molecule has 1 aliphatic carbocycles. The van der Waals surface area contributed by atoms with Crippen LogP contribution in [-0.2, 0) is 4.74 Å². The lowest BCUT2D eigenvalue weighted by molar-refractivity contribution is 0.0240. The molecule has 1 aromatic rings. The third-order valence-corrected chi connectivity index (χ3v) is 3.97. The second-order valence-electron chi connectivity index (χ2n) is 7.03. The molecular weight excluding hydrogens is 280 g/mol. The number of hydrogen-bond acceptors (Lipinski definition) is 5. The second kappa shape index (κ2) is 5.74. The van der Waals surface area contributed by atoms with Gasteiger partial charge in [0, 0.05) is 37.9 Å². The molecule has 0 aromatic carbocycles. The summed E-state index contributed by atoms with van der Waals surface area (Å²) in [5.41, 5.74) is 0.813. The number of carbonyl (C=O) groups is 1. The molecule has 2 heterocycles.